The van der Waals surface area contributed by atoms with Crippen molar-refractivity contribution in [1.29, 1.82) is 0 Å². The molecule has 1 atom stereocenters. The number of para-hydroxylation sites is 2. The highest BCUT2D eigenvalue weighted by molar-refractivity contribution is 5.97. The van der Waals surface area contributed by atoms with Crippen LogP contribution in [-0.2, 0) is 5.72 Å². The molecule has 154 valence electrons. The number of hydrogen-bond acceptors (Lipinski definition) is 5. The number of β-amino-alcohol motifs (C(OH)–C–C–N with tert-alkyl or cyclic N) is 1. The van der Waals surface area contributed by atoms with E-state index in [1.807, 2.05) is 42.5 Å². The van der Waals surface area contributed by atoms with Gasteiger partial charge in [0.15, 0.2) is 29.5 Å². The van der Waals surface area contributed by atoms with Crippen molar-refractivity contribution in [1.82, 2.24) is 0 Å². The second kappa shape index (κ2) is 7.88. The first-order valence-electron chi connectivity index (χ1n) is 9.87. The highest BCUT2D eigenvalue weighted by atomic mass is 79.9. The largest absolute Gasteiger partial charge is 1.00 e. The Hall–Kier alpha value is -2.25. The van der Waals surface area contributed by atoms with Crippen molar-refractivity contribution in [2.75, 3.05) is 38.3 Å². The van der Waals surface area contributed by atoms with Crippen LogP contribution >= 0.6 is 0 Å². The fourth-order valence-electron chi connectivity index (χ4n) is 4.51. The Balaban J connectivity index is 0.00000205. The van der Waals surface area contributed by atoms with E-state index >= 15 is 0 Å². The molecule has 5 rings (SSSR count). The van der Waals surface area contributed by atoms with Crippen LogP contribution in [0.3, 0.4) is 0 Å². The average molecular weight is 461 g/mol. The number of fused-ring (bicyclic) bond motifs is 1. The van der Waals surface area contributed by atoms with Crippen molar-refractivity contribution in [2.45, 2.75) is 25.0 Å². The molecule has 6 nitrogen and oxygen atoms in total. The second-order valence-corrected chi connectivity index (χ2v) is 7.46. The summed E-state index contributed by atoms with van der Waals surface area (Å²) in [6.45, 7) is 2.36. The number of rotatable bonds is 3. The molecule has 0 fully saturated rings. The van der Waals surface area contributed by atoms with E-state index in [9.17, 15) is 5.11 Å². The van der Waals surface area contributed by atoms with Crippen molar-refractivity contribution in [3.63, 3.8) is 0 Å². The Morgan fingerprint density at radius 3 is 2.69 bits per heavy atom. The maximum atomic E-state index is 11.9. The van der Waals surface area contributed by atoms with Crippen LogP contribution in [0.5, 0.6) is 17.2 Å². The molecule has 0 amide bonds. The van der Waals surface area contributed by atoms with Gasteiger partial charge in [-0.3, -0.25) is 0 Å². The molecule has 7 heteroatoms. The summed E-state index contributed by atoms with van der Waals surface area (Å²) >= 11 is 0. The lowest BCUT2D eigenvalue weighted by atomic mass is 10.0. The van der Waals surface area contributed by atoms with Gasteiger partial charge in [-0.05, 0) is 43.2 Å². The molecular formula is C22H25BrN2O4. The minimum absolute atomic E-state index is 0. The first-order chi connectivity index (χ1) is 13.7. The van der Waals surface area contributed by atoms with Crippen LogP contribution in [0.25, 0.3) is 0 Å². The van der Waals surface area contributed by atoms with Gasteiger partial charge in [0.05, 0.1) is 13.7 Å². The summed E-state index contributed by atoms with van der Waals surface area (Å²) in [5.41, 5.74) is 0.695. The summed E-state index contributed by atoms with van der Waals surface area (Å²) in [5, 5.41) is 11.9. The molecule has 3 heterocycles. The third-order valence-electron chi connectivity index (χ3n) is 5.86. The second-order valence-electron chi connectivity index (χ2n) is 7.46. The third kappa shape index (κ3) is 3.26. The quantitative estimate of drug-likeness (QED) is 0.639. The molecule has 0 saturated heterocycles. The number of halogens is 1. The van der Waals surface area contributed by atoms with Gasteiger partial charge < -0.3 is 36.3 Å². The molecule has 2 aromatic rings. The van der Waals surface area contributed by atoms with E-state index in [4.69, 9.17) is 14.2 Å². The van der Waals surface area contributed by atoms with E-state index in [1.54, 1.807) is 7.11 Å². The van der Waals surface area contributed by atoms with Crippen molar-refractivity contribution in [3.8, 4) is 17.2 Å². The summed E-state index contributed by atoms with van der Waals surface area (Å²) in [4.78, 5) is 2.20. The first-order valence-corrected chi connectivity index (χ1v) is 9.87. The number of methoxy groups -OCH3 is 1. The van der Waals surface area contributed by atoms with Gasteiger partial charge in [0.2, 0.25) is 0 Å². The monoisotopic (exact) mass is 460 g/mol. The Morgan fingerprint density at radius 1 is 1.07 bits per heavy atom. The Morgan fingerprint density at radius 2 is 1.86 bits per heavy atom. The van der Waals surface area contributed by atoms with Gasteiger partial charge >= 0.3 is 0 Å². The molecule has 0 radical (unpaired) electrons. The molecule has 0 bridgehead atoms. The molecule has 3 aliphatic heterocycles. The standard InChI is InChI=1S/C22H25N2O4.BrH/c1-26-18-7-3-2-6-17(18)23-15-22(25,24-11-5-4-8-21(23)24)16-9-10-19-20(14-16)28-13-12-27-19;/h2-3,6-7,9-10,14,25H,4-5,8,11-13,15H2,1H3;1H/q+1;/p-1. The predicted octanol–water partition coefficient (Wildman–Crippen LogP) is -0.269. The maximum absolute atomic E-state index is 11.9. The third-order valence-corrected chi connectivity index (χ3v) is 5.86. The van der Waals surface area contributed by atoms with Crippen LogP contribution in [0.4, 0.5) is 5.69 Å². The van der Waals surface area contributed by atoms with Gasteiger partial charge in [-0.1, -0.05) is 12.1 Å². The average Bonchev–Trinajstić information content (AvgIpc) is 3.07. The number of hydrogen-bond donors (Lipinski definition) is 1. The molecule has 0 saturated carbocycles. The van der Waals surface area contributed by atoms with E-state index < -0.39 is 5.72 Å². The maximum Gasteiger partial charge on any atom is 0.271 e. The van der Waals surface area contributed by atoms with E-state index in [-0.39, 0.29) is 17.0 Å². The minimum Gasteiger partial charge on any atom is -1.00 e. The molecule has 0 spiro atoms. The highest BCUT2D eigenvalue weighted by Crippen LogP contribution is 2.41. The molecule has 0 aromatic heterocycles. The molecule has 1 N–H and O–H groups in total. The number of ether oxygens (including phenoxy) is 3. The topological polar surface area (TPSA) is 54.2 Å². The smallest absolute Gasteiger partial charge is 0.271 e. The van der Waals surface area contributed by atoms with Crippen molar-refractivity contribution in [2.24, 2.45) is 0 Å². The number of nitrogens with zero attached hydrogens (tertiary/aromatic N) is 2. The zero-order chi connectivity index (χ0) is 19.1. The SMILES string of the molecule is COc1ccccc1N1CC(O)(c2ccc3c(c2)OCCO3)[N+]2=C1CCCC2.[Br-]. The Labute approximate surface area is 181 Å². The predicted molar refractivity (Wildman–Crippen MR) is 106 cm³/mol. The molecule has 0 aliphatic carbocycles. The van der Waals surface area contributed by atoms with E-state index in [0.717, 1.165) is 54.4 Å². The van der Waals surface area contributed by atoms with E-state index in [0.29, 0.717) is 25.5 Å². The summed E-state index contributed by atoms with van der Waals surface area (Å²) < 4.78 is 19.1. The van der Waals surface area contributed by atoms with Crippen LogP contribution in [-0.4, -0.2) is 48.9 Å². The number of anilines is 1. The zero-order valence-electron chi connectivity index (χ0n) is 16.4. The number of amidine groups is 1. The Kier molecular flexibility index (Phi) is 5.44. The lowest BCUT2D eigenvalue weighted by Gasteiger charge is -2.26. The van der Waals surface area contributed by atoms with Crippen molar-refractivity contribution >= 4 is 11.5 Å². The van der Waals surface area contributed by atoms with Crippen molar-refractivity contribution < 1.29 is 40.9 Å². The molecule has 3 aliphatic rings. The fourth-order valence-corrected chi connectivity index (χ4v) is 4.51. The van der Waals surface area contributed by atoms with Crippen molar-refractivity contribution in [3.05, 3.63) is 48.0 Å². The van der Waals surface area contributed by atoms with Gasteiger partial charge in [-0.15, -0.1) is 0 Å². The number of aliphatic hydroxyl groups is 1. The molecule has 29 heavy (non-hydrogen) atoms. The molecule has 2 aromatic carbocycles. The van der Waals surface area contributed by atoms with E-state index in [2.05, 4.69) is 9.48 Å². The van der Waals surface area contributed by atoms with E-state index in [1.165, 1.54) is 0 Å². The van der Waals surface area contributed by atoms with Gasteiger partial charge in [0.25, 0.3) is 11.6 Å². The molecular weight excluding hydrogens is 436 g/mol. The van der Waals surface area contributed by atoms with Gasteiger partial charge in [-0.2, -0.15) is 0 Å². The summed E-state index contributed by atoms with van der Waals surface area (Å²) in [5.74, 6) is 3.40. The summed E-state index contributed by atoms with van der Waals surface area (Å²) in [6.07, 6.45) is 3.12. The number of benzene rings is 2. The van der Waals surface area contributed by atoms with Gasteiger partial charge in [-0.25, -0.2) is 9.48 Å². The van der Waals surface area contributed by atoms with Crippen LogP contribution < -0.4 is 36.1 Å². The highest BCUT2D eigenvalue weighted by Gasteiger charge is 2.53. The van der Waals surface area contributed by atoms with Gasteiger partial charge in [0, 0.05) is 12.0 Å². The van der Waals surface area contributed by atoms with Crippen LogP contribution in [0.15, 0.2) is 42.5 Å². The summed E-state index contributed by atoms with van der Waals surface area (Å²) in [7, 11) is 1.69. The normalized spacial score (nSPS) is 22.8. The fraction of sp³-hybridized carbons (Fsp3) is 0.409. The minimum atomic E-state index is -1.12. The lowest BCUT2D eigenvalue weighted by Crippen LogP contribution is -3.00. The van der Waals surface area contributed by atoms with Crippen LogP contribution in [0, 0.1) is 0 Å². The van der Waals surface area contributed by atoms with Crippen LogP contribution in [0.2, 0.25) is 0 Å². The Bertz CT molecular complexity index is 948. The van der Waals surface area contributed by atoms with Crippen LogP contribution in [0.1, 0.15) is 24.8 Å². The molecule has 1 unspecified atom stereocenters. The lowest BCUT2D eigenvalue weighted by molar-refractivity contribution is -0.661. The summed E-state index contributed by atoms with van der Waals surface area (Å²) in [6, 6.07) is 13.8. The first kappa shape index (κ1) is 20.0. The van der Waals surface area contributed by atoms with Gasteiger partial charge in [0.1, 0.15) is 13.2 Å². The zero-order valence-corrected chi connectivity index (χ0v) is 18.0.